The van der Waals surface area contributed by atoms with Gasteiger partial charge in [0, 0.05) is 32.6 Å². The first-order valence-corrected chi connectivity index (χ1v) is 20.9. The van der Waals surface area contributed by atoms with Crippen LogP contribution in [0, 0.1) is 0 Å². The Hall–Kier alpha value is -6.93. The highest BCUT2D eigenvalue weighted by molar-refractivity contribution is 7.85. The standard InChI is InChI=1S/C53H37N2OP/c1-54-52(40-17-5-2-6-18-40)55-51-46-25-13-16-28-49(46)53(47-26-14-11-23-44(47)45-24-12-15-27-48(45)53)50(51)39-31-29-37(30-32-39)38-33-35-43(36-34-38)57(56,41-19-7-3-8-20-41)42-21-9-4-10-22-42/h2-36H,1H2/b55-52-. The molecular formula is C53H37N2OP. The molecule has 0 aromatic heterocycles. The Labute approximate surface area is 333 Å². The first-order chi connectivity index (χ1) is 28.1. The van der Waals surface area contributed by atoms with Gasteiger partial charge in [-0.25, -0.2) is 9.98 Å². The molecule has 10 rings (SSSR count). The molecule has 4 heteroatoms. The van der Waals surface area contributed by atoms with E-state index in [1.54, 1.807) is 0 Å². The van der Waals surface area contributed by atoms with Gasteiger partial charge in [0.1, 0.15) is 0 Å². The third-order valence-electron chi connectivity index (χ3n) is 11.5. The van der Waals surface area contributed by atoms with Gasteiger partial charge in [-0.1, -0.05) is 212 Å². The second kappa shape index (κ2) is 14.0. The summed E-state index contributed by atoms with van der Waals surface area (Å²) >= 11 is 0. The quantitative estimate of drug-likeness (QED) is 0.0909. The number of nitrogens with zero attached hydrogens (tertiary/aromatic N) is 2. The fourth-order valence-electron chi connectivity index (χ4n) is 9.03. The molecule has 2 aliphatic rings. The van der Waals surface area contributed by atoms with Gasteiger partial charge in [0.2, 0.25) is 0 Å². The van der Waals surface area contributed by atoms with Crippen LogP contribution in [-0.2, 0) is 9.98 Å². The summed E-state index contributed by atoms with van der Waals surface area (Å²) in [7, 11) is -3.08. The van der Waals surface area contributed by atoms with E-state index < -0.39 is 12.6 Å². The molecule has 0 atom stereocenters. The molecule has 0 aliphatic heterocycles. The Balaban J connectivity index is 1.15. The third-order valence-corrected chi connectivity index (χ3v) is 14.6. The van der Waals surface area contributed by atoms with Crippen LogP contribution >= 0.6 is 7.14 Å². The molecule has 0 bridgehead atoms. The van der Waals surface area contributed by atoms with Crippen molar-refractivity contribution in [3.8, 4) is 22.3 Å². The van der Waals surface area contributed by atoms with Gasteiger partial charge in [0.05, 0.1) is 11.1 Å². The maximum Gasteiger partial charge on any atom is 0.171 e. The maximum atomic E-state index is 15.0. The van der Waals surface area contributed by atoms with Gasteiger partial charge in [-0.2, -0.15) is 0 Å². The van der Waals surface area contributed by atoms with Crippen molar-refractivity contribution in [1.29, 1.82) is 0 Å². The van der Waals surface area contributed by atoms with Gasteiger partial charge in [-0.15, -0.1) is 0 Å². The lowest BCUT2D eigenvalue weighted by Crippen LogP contribution is -2.26. The molecular weight excluding hydrogens is 712 g/mol. The van der Waals surface area contributed by atoms with Crippen LogP contribution in [0.4, 0.5) is 0 Å². The highest BCUT2D eigenvalue weighted by Crippen LogP contribution is 2.64. The lowest BCUT2D eigenvalue weighted by Gasteiger charge is -2.32. The SMILES string of the molecule is C=N/C(=N\C1=C(c2ccc(-c3ccc(P(=O)(c4ccccc4)c4ccccc4)cc3)cc2)C2(c3ccccc31)c1ccccc1-c1ccccc12)c1ccccc1. The zero-order valence-corrected chi connectivity index (χ0v) is 32.1. The van der Waals surface area contributed by atoms with Crippen molar-refractivity contribution >= 4 is 46.9 Å². The molecule has 8 aromatic carbocycles. The minimum absolute atomic E-state index is 0.578. The van der Waals surface area contributed by atoms with E-state index in [1.807, 2.05) is 103 Å². The van der Waals surface area contributed by atoms with E-state index in [0.717, 1.165) is 55.0 Å². The number of allylic oxidation sites excluding steroid dienone is 1. The summed E-state index contributed by atoms with van der Waals surface area (Å²) in [5.41, 5.74) is 12.7. The molecule has 1 spiro atoms. The number of fused-ring (bicyclic) bond motifs is 7. The Morgan fingerprint density at radius 2 is 0.807 bits per heavy atom. The highest BCUT2D eigenvalue weighted by Gasteiger charge is 2.53. The summed E-state index contributed by atoms with van der Waals surface area (Å²) in [4.78, 5) is 9.92. The van der Waals surface area contributed by atoms with E-state index in [-0.39, 0.29) is 0 Å². The van der Waals surface area contributed by atoms with Crippen molar-refractivity contribution in [2.45, 2.75) is 5.41 Å². The van der Waals surface area contributed by atoms with Crippen molar-refractivity contribution in [2.75, 3.05) is 0 Å². The summed E-state index contributed by atoms with van der Waals surface area (Å²) in [5.74, 6) is 0.578. The minimum Gasteiger partial charge on any atom is -0.309 e. The summed E-state index contributed by atoms with van der Waals surface area (Å²) in [6, 6.07) is 73.1. The van der Waals surface area contributed by atoms with Crippen LogP contribution in [-0.4, -0.2) is 12.6 Å². The Morgan fingerprint density at radius 1 is 0.421 bits per heavy atom. The summed E-state index contributed by atoms with van der Waals surface area (Å²) < 4.78 is 15.0. The summed E-state index contributed by atoms with van der Waals surface area (Å²) in [5, 5.41) is 2.45. The van der Waals surface area contributed by atoms with E-state index >= 15 is 4.57 Å². The van der Waals surface area contributed by atoms with Crippen molar-refractivity contribution in [3.05, 3.63) is 246 Å². The molecule has 0 unspecified atom stereocenters. The highest BCUT2D eigenvalue weighted by atomic mass is 31.2. The van der Waals surface area contributed by atoms with Crippen LogP contribution in [0.15, 0.2) is 222 Å². The summed E-state index contributed by atoms with van der Waals surface area (Å²) in [6.45, 7) is 3.97. The zero-order valence-electron chi connectivity index (χ0n) is 31.2. The molecule has 2 aliphatic carbocycles. The lowest BCUT2D eigenvalue weighted by molar-refractivity contribution is 0.592. The molecule has 0 amide bonds. The normalized spacial score (nSPS) is 13.9. The number of aliphatic imine (C=N–C) groups is 2. The molecule has 0 saturated heterocycles. The van der Waals surface area contributed by atoms with Gasteiger partial charge in [0.25, 0.3) is 0 Å². The monoisotopic (exact) mass is 748 g/mol. The van der Waals surface area contributed by atoms with Crippen molar-refractivity contribution in [2.24, 2.45) is 9.98 Å². The van der Waals surface area contributed by atoms with Crippen molar-refractivity contribution in [3.63, 3.8) is 0 Å². The molecule has 0 N–H and O–H groups in total. The lowest BCUT2D eigenvalue weighted by atomic mass is 9.68. The fraction of sp³-hybridized carbons (Fsp3) is 0.0189. The third kappa shape index (κ3) is 5.39. The van der Waals surface area contributed by atoms with Gasteiger partial charge < -0.3 is 4.57 Å². The summed E-state index contributed by atoms with van der Waals surface area (Å²) in [6.07, 6.45) is 0. The number of amidine groups is 1. The van der Waals surface area contributed by atoms with Crippen LogP contribution in [0.25, 0.3) is 33.5 Å². The van der Waals surface area contributed by atoms with E-state index in [2.05, 4.69) is 121 Å². The predicted octanol–water partition coefficient (Wildman–Crippen LogP) is 11.3. The second-order valence-corrected chi connectivity index (χ2v) is 17.2. The van der Waals surface area contributed by atoms with Gasteiger partial charge in [-0.3, -0.25) is 0 Å². The van der Waals surface area contributed by atoms with Crippen LogP contribution in [0.1, 0.15) is 33.4 Å². The first-order valence-electron chi connectivity index (χ1n) is 19.2. The van der Waals surface area contributed by atoms with Crippen LogP contribution in [0.2, 0.25) is 0 Å². The molecule has 0 fully saturated rings. The van der Waals surface area contributed by atoms with E-state index in [4.69, 9.17) is 4.99 Å². The minimum atomic E-state index is -3.08. The molecule has 57 heavy (non-hydrogen) atoms. The Kier molecular flexibility index (Phi) is 8.47. The molecule has 0 saturated carbocycles. The zero-order chi connectivity index (χ0) is 38.4. The predicted molar refractivity (Wildman–Crippen MR) is 239 cm³/mol. The first kappa shape index (κ1) is 34.6. The second-order valence-electron chi connectivity index (χ2n) is 14.5. The number of rotatable bonds is 7. The molecule has 3 nitrogen and oxygen atoms in total. The van der Waals surface area contributed by atoms with E-state index in [9.17, 15) is 0 Å². The van der Waals surface area contributed by atoms with Gasteiger partial charge >= 0.3 is 0 Å². The molecule has 0 heterocycles. The van der Waals surface area contributed by atoms with Crippen LogP contribution < -0.4 is 15.9 Å². The van der Waals surface area contributed by atoms with E-state index in [1.165, 1.54) is 27.8 Å². The number of hydrogen-bond acceptors (Lipinski definition) is 2. The van der Waals surface area contributed by atoms with Gasteiger partial charge in [-0.05, 0) is 51.2 Å². The number of benzene rings is 8. The number of hydrogen-bond donors (Lipinski definition) is 0. The molecule has 270 valence electrons. The van der Waals surface area contributed by atoms with Crippen molar-refractivity contribution < 1.29 is 4.57 Å². The topological polar surface area (TPSA) is 41.8 Å². The Bertz CT molecular complexity index is 2830. The van der Waals surface area contributed by atoms with E-state index in [0.29, 0.717) is 5.84 Å². The maximum absolute atomic E-state index is 15.0. The average Bonchev–Trinajstić information content (AvgIpc) is 3.75. The largest absolute Gasteiger partial charge is 0.309 e. The smallest absolute Gasteiger partial charge is 0.171 e. The Morgan fingerprint density at radius 3 is 1.32 bits per heavy atom. The van der Waals surface area contributed by atoms with Crippen LogP contribution in [0.5, 0.6) is 0 Å². The van der Waals surface area contributed by atoms with Gasteiger partial charge in [0.15, 0.2) is 13.0 Å². The van der Waals surface area contributed by atoms with Crippen molar-refractivity contribution in [1.82, 2.24) is 0 Å². The average molecular weight is 749 g/mol. The molecule has 8 aromatic rings. The van der Waals surface area contributed by atoms with Crippen LogP contribution in [0.3, 0.4) is 0 Å². The fourth-order valence-corrected chi connectivity index (χ4v) is 11.7. The molecule has 0 radical (unpaired) electrons.